The van der Waals surface area contributed by atoms with E-state index >= 15 is 0 Å². The first kappa shape index (κ1) is 14.9. The van der Waals surface area contributed by atoms with Crippen LogP contribution >= 0.6 is 27.7 Å². The van der Waals surface area contributed by atoms with Crippen molar-refractivity contribution in [1.82, 2.24) is 5.43 Å². The molecule has 110 valence electrons. The Morgan fingerprint density at radius 1 is 1.29 bits per heavy atom. The van der Waals surface area contributed by atoms with Gasteiger partial charge in [-0.15, -0.1) is 11.8 Å². The van der Waals surface area contributed by atoms with Gasteiger partial charge in [0.2, 0.25) is 0 Å². The summed E-state index contributed by atoms with van der Waals surface area (Å²) in [6.07, 6.45) is 0.985. The summed E-state index contributed by atoms with van der Waals surface area (Å²) >= 11 is 5.28. The molecule has 0 spiro atoms. The van der Waals surface area contributed by atoms with Crippen LogP contribution in [0, 0.1) is 0 Å². The van der Waals surface area contributed by atoms with E-state index < -0.39 is 0 Å². The van der Waals surface area contributed by atoms with Crippen molar-refractivity contribution in [3.63, 3.8) is 0 Å². The van der Waals surface area contributed by atoms with Gasteiger partial charge in [0.15, 0.2) is 0 Å². The molecular weight excluding hydrogens is 348 g/mol. The maximum Gasteiger partial charge on any atom is 0.127 e. The van der Waals surface area contributed by atoms with Crippen molar-refractivity contribution in [2.45, 2.75) is 17.4 Å². The number of ether oxygens (including phenoxy) is 1. The second-order valence-electron chi connectivity index (χ2n) is 4.92. The van der Waals surface area contributed by atoms with Crippen LogP contribution in [0.1, 0.15) is 17.2 Å². The third-order valence-corrected chi connectivity index (χ3v) is 5.11. The number of thioether (sulfide) groups is 1. The number of benzene rings is 2. The lowest BCUT2D eigenvalue weighted by Crippen LogP contribution is -2.30. The summed E-state index contributed by atoms with van der Waals surface area (Å²) in [5.74, 6) is 7.63. The van der Waals surface area contributed by atoms with Gasteiger partial charge in [0.1, 0.15) is 5.75 Å². The fraction of sp³-hybridized carbons (Fsp3) is 0.250. The van der Waals surface area contributed by atoms with E-state index in [0.29, 0.717) is 0 Å². The molecule has 1 atom stereocenters. The highest BCUT2D eigenvalue weighted by molar-refractivity contribution is 9.10. The van der Waals surface area contributed by atoms with Crippen molar-refractivity contribution < 1.29 is 4.74 Å². The Labute approximate surface area is 137 Å². The summed E-state index contributed by atoms with van der Waals surface area (Å²) in [4.78, 5) is 1.22. The molecule has 3 rings (SSSR count). The molecule has 1 aliphatic heterocycles. The van der Waals surface area contributed by atoms with Gasteiger partial charge in [0.05, 0.1) is 12.6 Å². The van der Waals surface area contributed by atoms with Crippen molar-refractivity contribution in [1.29, 1.82) is 0 Å². The normalized spacial score (nSPS) is 14.6. The number of fused-ring (bicyclic) bond motifs is 1. The van der Waals surface area contributed by atoms with Crippen molar-refractivity contribution >= 4 is 27.7 Å². The lowest BCUT2D eigenvalue weighted by Gasteiger charge is -2.18. The third kappa shape index (κ3) is 3.43. The number of halogens is 1. The highest BCUT2D eigenvalue weighted by Gasteiger charge is 2.21. The maximum atomic E-state index is 5.77. The monoisotopic (exact) mass is 364 g/mol. The number of nitrogens with one attached hydrogen (secondary N) is 1. The minimum Gasteiger partial charge on any atom is -0.493 e. The Morgan fingerprint density at radius 3 is 2.95 bits per heavy atom. The summed E-state index contributed by atoms with van der Waals surface area (Å²) in [5.41, 5.74) is 5.35. The molecule has 0 amide bonds. The molecule has 1 aliphatic rings. The number of hydrogen-bond donors (Lipinski definition) is 2. The second kappa shape index (κ2) is 6.83. The zero-order chi connectivity index (χ0) is 14.7. The predicted octanol–water partition coefficient (Wildman–Crippen LogP) is 3.68. The van der Waals surface area contributed by atoms with Gasteiger partial charge in [-0.2, -0.15) is 0 Å². The zero-order valence-corrected chi connectivity index (χ0v) is 13.9. The van der Waals surface area contributed by atoms with Crippen LogP contribution in [0.15, 0.2) is 51.8 Å². The van der Waals surface area contributed by atoms with E-state index in [1.54, 1.807) is 11.8 Å². The lowest BCUT2D eigenvalue weighted by molar-refractivity contribution is 0.350. The van der Waals surface area contributed by atoms with Gasteiger partial charge in [0, 0.05) is 27.1 Å². The van der Waals surface area contributed by atoms with E-state index in [0.717, 1.165) is 34.6 Å². The molecular formula is C16H17BrN2OS. The fourth-order valence-corrected chi connectivity index (χ4v) is 4.05. The largest absolute Gasteiger partial charge is 0.493 e. The van der Waals surface area contributed by atoms with E-state index in [4.69, 9.17) is 10.6 Å². The molecule has 0 fully saturated rings. The molecule has 1 unspecified atom stereocenters. The van der Waals surface area contributed by atoms with E-state index in [-0.39, 0.29) is 6.04 Å². The number of nitrogens with two attached hydrogens (primary N) is 1. The van der Waals surface area contributed by atoms with Gasteiger partial charge < -0.3 is 4.74 Å². The first-order chi connectivity index (χ1) is 10.3. The Morgan fingerprint density at radius 2 is 2.14 bits per heavy atom. The quantitative estimate of drug-likeness (QED) is 0.482. The number of para-hydroxylation sites is 1. The van der Waals surface area contributed by atoms with Crippen LogP contribution in [-0.4, -0.2) is 12.4 Å². The van der Waals surface area contributed by atoms with Crippen molar-refractivity contribution in [2.75, 3.05) is 12.4 Å². The Balaban J connectivity index is 1.75. The van der Waals surface area contributed by atoms with Crippen LogP contribution in [0.4, 0.5) is 0 Å². The number of rotatable bonds is 5. The van der Waals surface area contributed by atoms with E-state index in [9.17, 15) is 0 Å². The van der Waals surface area contributed by atoms with Crippen LogP contribution in [0.2, 0.25) is 0 Å². The maximum absolute atomic E-state index is 5.77. The fourth-order valence-electron chi connectivity index (χ4n) is 2.48. The highest BCUT2D eigenvalue weighted by atomic mass is 79.9. The van der Waals surface area contributed by atoms with Crippen molar-refractivity contribution in [2.24, 2.45) is 5.84 Å². The summed E-state index contributed by atoms with van der Waals surface area (Å²) in [5, 5.41) is 0. The first-order valence-corrected chi connectivity index (χ1v) is 8.65. The van der Waals surface area contributed by atoms with Crippen molar-refractivity contribution in [3.8, 4) is 5.75 Å². The van der Waals surface area contributed by atoms with Gasteiger partial charge >= 0.3 is 0 Å². The standard InChI is InChI=1S/C16H17BrN2OS/c17-12-4-2-5-13(9-12)21-10-15(19-18)14-6-1-3-11-7-8-20-16(11)14/h1-6,9,15,19H,7-8,10,18H2. The molecule has 2 aromatic rings. The molecule has 0 saturated heterocycles. The smallest absolute Gasteiger partial charge is 0.127 e. The molecule has 0 aliphatic carbocycles. The molecule has 3 N–H and O–H groups in total. The summed E-state index contributed by atoms with van der Waals surface area (Å²) < 4.78 is 6.86. The Kier molecular flexibility index (Phi) is 4.85. The van der Waals surface area contributed by atoms with Crippen LogP contribution in [-0.2, 0) is 6.42 Å². The summed E-state index contributed by atoms with van der Waals surface area (Å²) in [6, 6.07) is 14.7. The minimum absolute atomic E-state index is 0.0713. The van der Waals surface area contributed by atoms with Gasteiger partial charge in [-0.3, -0.25) is 11.3 Å². The van der Waals surface area contributed by atoms with Gasteiger partial charge in [-0.25, -0.2) is 0 Å². The predicted molar refractivity (Wildman–Crippen MR) is 90.6 cm³/mol. The summed E-state index contributed by atoms with van der Waals surface area (Å²) in [6.45, 7) is 0.766. The molecule has 5 heteroatoms. The van der Waals surface area contributed by atoms with Crippen LogP contribution in [0.5, 0.6) is 5.75 Å². The SMILES string of the molecule is NNC(CSc1cccc(Br)c1)c1cccc2c1OCC2. The van der Waals surface area contributed by atoms with E-state index in [1.807, 2.05) is 12.1 Å². The Bertz CT molecular complexity index is 635. The second-order valence-corrected chi connectivity index (χ2v) is 6.93. The van der Waals surface area contributed by atoms with Crippen molar-refractivity contribution in [3.05, 3.63) is 58.1 Å². The third-order valence-electron chi connectivity index (χ3n) is 3.53. The van der Waals surface area contributed by atoms with E-state index in [1.165, 1.54) is 10.5 Å². The summed E-state index contributed by atoms with van der Waals surface area (Å²) in [7, 11) is 0. The highest BCUT2D eigenvalue weighted by Crippen LogP contribution is 2.35. The molecule has 0 bridgehead atoms. The molecule has 1 heterocycles. The number of hydrazine groups is 1. The van der Waals surface area contributed by atoms with E-state index in [2.05, 4.69) is 51.7 Å². The average Bonchev–Trinajstić information content (AvgIpc) is 2.97. The van der Waals surface area contributed by atoms with Crippen LogP contribution in [0.25, 0.3) is 0 Å². The first-order valence-electron chi connectivity index (χ1n) is 6.87. The molecule has 21 heavy (non-hydrogen) atoms. The van der Waals surface area contributed by atoms with Crippen LogP contribution in [0.3, 0.4) is 0 Å². The minimum atomic E-state index is 0.0713. The Hall–Kier alpha value is -1.01. The molecule has 0 saturated carbocycles. The molecule has 3 nitrogen and oxygen atoms in total. The molecule has 0 aromatic heterocycles. The molecule has 2 aromatic carbocycles. The van der Waals surface area contributed by atoms with Gasteiger partial charge in [0.25, 0.3) is 0 Å². The van der Waals surface area contributed by atoms with Crippen LogP contribution < -0.4 is 16.0 Å². The zero-order valence-electron chi connectivity index (χ0n) is 11.5. The lowest BCUT2D eigenvalue weighted by atomic mass is 10.0. The van der Waals surface area contributed by atoms with Gasteiger partial charge in [-0.05, 0) is 23.8 Å². The average molecular weight is 365 g/mol. The molecule has 0 radical (unpaired) electrons. The number of hydrogen-bond acceptors (Lipinski definition) is 4. The topological polar surface area (TPSA) is 47.3 Å². The van der Waals surface area contributed by atoms with Gasteiger partial charge in [-0.1, -0.05) is 40.2 Å².